The molecule has 0 aliphatic carbocycles. The van der Waals surface area contributed by atoms with Gasteiger partial charge in [-0.3, -0.25) is 4.79 Å². The minimum absolute atomic E-state index is 0.166. The van der Waals surface area contributed by atoms with Crippen LogP contribution in [0.3, 0.4) is 0 Å². The van der Waals surface area contributed by atoms with E-state index in [1.54, 1.807) is 0 Å². The van der Waals surface area contributed by atoms with E-state index in [0.717, 1.165) is 12.8 Å². The topological polar surface area (TPSA) is 26.3 Å². The zero-order chi connectivity index (χ0) is 16.2. The van der Waals surface area contributed by atoms with Gasteiger partial charge in [-0.15, -0.1) is 0 Å². The van der Waals surface area contributed by atoms with Gasteiger partial charge in [0.2, 0.25) is 34.8 Å². The summed E-state index contributed by atoms with van der Waals surface area (Å²) in [7, 11) is 0. The lowest BCUT2D eigenvalue weighted by Gasteiger charge is -2.11. The van der Waals surface area contributed by atoms with E-state index in [1.165, 1.54) is 0 Å². The maximum atomic E-state index is 13.3. The highest BCUT2D eigenvalue weighted by molar-refractivity contribution is 5.72. The maximum Gasteiger partial charge on any atom is 0.311 e. The molecule has 0 heterocycles. The molecule has 7 heteroatoms. The monoisotopic (exact) mass is 310 g/mol. The molecule has 1 unspecified atom stereocenters. The molecule has 0 saturated heterocycles. The first-order valence-corrected chi connectivity index (χ1v) is 6.51. The second-order valence-electron chi connectivity index (χ2n) is 4.81. The van der Waals surface area contributed by atoms with Crippen LogP contribution < -0.4 is 4.74 Å². The predicted molar refractivity (Wildman–Crippen MR) is 65.2 cm³/mol. The SMILES string of the molecule is CCCC(C)CCC(=O)Oc1c(F)c(F)c(F)c(F)c1F. The van der Waals surface area contributed by atoms with Gasteiger partial charge in [0, 0.05) is 6.42 Å². The summed E-state index contributed by atoms with van der Waals surface area (Å²) in [5.74, 6) is -13.3. The molecule has 0 aromatic heterocycles. The second kappa shape index (κ2) is 7.38. The minimum Gasteiger partial charge on any atom is -0.420 e. The van der Waals surface area contributed by atoms with Crippen molar-refractivity contribution < 1.29 is 31.5 Å². The van der Waals surface area contributed by atoms with Crippen LogP contribution in [0.5, 0.6) is 5.75 Å². The molecule has 0 fully saturated rings. The van der Waals surface area contributed by atoms with Gasteiger partial charge in [-0.25, -0.2) is 13.2 Å². The van der Waals surface area contributed by atoms with E-state index in [4.69, 9.17) is 0 Å². The summed E-state index contributed by atoms with van der Waals surface area (Å²) in [6.45, 7) is 3.85. The van der Waals surface area contributed by atoms with Gasteiger partial charge in [0.25, 0.3) is 0 Å². The van der Waals surface area contributed by atoms with Gasteiger partial charge in [-0.2, -0.15) is 8.78 Å². The molecule has 0 N–H and O–H groups in total. The third-order valence-corrected chi connectivity index (χ3v) is 3.01. The lowest BCUT2D eigenvalue weighted by atomic mass is 10.0. The number of benzene rings is 1. The van der Waals surface area contributed by atoms with Crippen molar-refractivity contribution in [3.8, 4) is 5.75 Å². The van der Waals surface area contributed by atoms with Crippen LogP contribution in [0.4, 0.5) is 22.0 Å². The summed E-state index contributed by atoms with van der Waals surface area (Å²) in [4.78, 5) is 11.4. The molecule has 21 heavy (non-hydrogen) atoms. The Balaban J connectivity index is 2.82. The fourth-order valence-corrected chi connectivity index (χ4v) is 1.84. The van der Waals surface area contributed by atoms with E-state index in [0.29, 0.717) is 6.42 Å². The average molecular weight is 310 g/mol. The first kappa shape index (κ1) is 17.4. The number of ether oxygens (including phenoxy) is 1. The summed E-state index contributed by atoms with van der Waals surface area (Å²) in [6, 6.07) is 0. The van der Waals surface area contributed by atoms with Crippen LogP contribution in [0.25, 0.3) is 0 Å². The number of carbonyl (C=O) groups is 1. The third-order valence-electron chi connectivity index (χ3n) is 3.01. The van der Waals surface area contributed by atoms with Crippen molar-refractivity contribution in [2.75, 3.05) is 0 Å². The van der Waals surface area contributed by atoms with E-state index in [2.05, 4.69) is 4.74 Å². The van der Waals surface area contributed by atoms with Crippen LogP contribution in [0, 0.1) is 35.0 Å². The number of esters is 1. The Kier molecular flexibility index (Phi) is 6.11. The smallest absolute Gasteiger partial charge is 0.311 e. The molecule has 1 rings (SSSR count). The second-order valence-corrected chi connectivity index (χ2v) is 4.81. The van der Waals surface area contributed by atoms with Crippen molar-refractivity contribution in [2.24, 2.45) is 5.92 Å². The predicted octanol–water partition coefficient (Wildman–Crippen LogP) is 4.50. The highest BCUT2D eigenvalue weighted by Gasteiger charge is 2.28. The molecule has 2 nitrogen and oxygen atoms in total. The molecule has 0 radical (unpaired) electrons. The minimum atomic E-state index is -2.29. The van der Waals surface area contributed by atoms with Gasteiger partial charge in [0.05, 0.1) is 0 Å². The Morgan fingerprint density at radius 2 is 1.43 bits per heavy atom. The third kappa shape index (κ3) is 4.15. The van der Waals surface area contributed by atoms with Gasteiger partial charge in [0.15, 0.2) is 0 Å². The molecule has 0 aliphatic heterocycles. The number of hydrogen-bond donors (Lipinski definition) is 0. The van der Waals surface area contributed by atoms with Crippen LogP contribution >= 0.6 is 0 Å². The molecule has 0 bridgehead atoms. The molecule has 0 spiro atoms. The number of halogens is 5. The fourth-order valence-electron chi connectivity index (χ4n) is 1.84. The van der Waals surface area contributed by atoms with E-state index >= 15 is 0 Å². The first-order chi connectivity index (χ1) is 9.79. The average Bonchev–Trinajstić information content (AvgIpc) is 2.46. The lowest BCUT2D eigenvalue weighted by molar-refractivity contribution is -0.135. The molecule has 1 atom stereocenters. The fraction of sp³-hybridized carbons (Fsp3) is 0.500. The van der Waals surface area contributed by atoms with Gasteiger partial charge < -0.3 is 4.74 Å². The quantitative estimate of drug-likeness (QED) is 0.254. The van der Waals surface area contributed by atoms with E-state index in [9.17, 15) is 26.7 Å². The summed E-state index contributed by atoms with van der Waals surface area (Å²) in [5, 5.41) is 0. The summed E-state index contributed by atoms with van der Waals surface area (Å²) in [6.07, 6.45) is 2.01. The highest BCUT2D eigenvalue weighted by Crippen LogP contribution is 2.29. The van der Waals surface area contributed by atoms with Crippen molar-refractivity contribution >= 4 is 5.97 Å². The summed E-state index contributed by atoms with van der Waals surface area (Å²) >= 11 is 0. The van der Waals surface area contributed by atoms with Crippen molar-refractivity contribution in [2.45, 2.75) is 39.5 Å². The van der Waals surface area contributed by atoms with Gasteiger partial charge in [-0.05, 0) is 12.3 Å². The lowest BCUT2D eigenvalue weighted by Crippen LogP contribution is -2.14. The largest absolute Gasteiger partial charge is 0.420 e. The van der Waals surface area contributed by atoms with Gasteiger partial charge >= 0.3 is 5.97 Å². The van der Waals surface area contributed by atoms with Gasteiger partial charge in [-0.1, -0.05) is 26.7 Å². The van der Waals surface area contributed by atoms with Crippen molar-refractivity contribution in [1.29, 1.82) is 0 Å². The van der Waals surface area contributed by atoms with Crippen LogP contribution in [0.15, 0.2) is 0 Å². The Bertz CT molecular complexity index is 502. The molecule has 1 aromatic carbocycles. The molecule has 0 saturated carbocycles. The Morgan fingerprint density at radius 1 is 0.952 bits per heavy atom. The Morgan fingerprint density at radius 3 is 1.90 bits per heavy atom. The molecule has 118 valence electrons. The molecular weight excluding hydrogens is 295 g/mol. The normalized spacial score (nSPS) is 12.3. The molecule has 0 aliphatic rings. The molecule has 1 aromatic rings. The van der Waals surface area contributed by atoms with Crippen molar-refractivity contribution in [3.63, 3.8) is 0 Å². The maximum absolute atomic E-state index is 13.3. The standard InChI is InChI=1S/C14H15F5O2/c1-3-4-7(2)5-6-8(20)21-14-12(18)10(16)9(15)11(17)13(14)19/h7H,3-6H2,1-2H3. The van der Waals surface area contributed by atoms with Crippen LogP contribution in [-0.2, 0) is 4.79 Å². The zero-order valence-corrected chi connectivity index (χ0v) is 11.6. The molecular formula is C14H15F5O2. The van der Waals surface area contributed by atoms with E-state index in [1.807, 2.05) is 13.8 Å². The van der Waals surface area contributed by atoms with Crippen molar-refractivity contribution in [3.05, 3.63) is 29.1 Å². The first-order valence-electron chi connectivity index (χ1n) is 6.51. The van der Waals surface area contributed by atoms with Crippen LogP contribution in [0.1, 0.15) is 39.5 Å². The highest BCUT2D eigenvalue weighted by atomic mass is 19.2. The van der Waals surface area contributed by atoms with E-state index in [-0.39, 0.29) is 12.3 Å². The summed E-state index contributed by atoms with van der Waals surface area (Å²) in [5.41, 5.74) is 0. The zero-order valence-electron chi connectivity index (χ0n) is 11.6. The Hall–Kier alpha value is -1.66. The summed E-state index contributed by atoms with van der Waals surface area (Å²) < 4.78 is 69.5. The van der Waals surface area contributed by atoms with Crippen LogP contribution in [-0.4, -0.2) is 5.97 Å². The number of hydrogen-bond acceptors (Lipinski definition) is 2. The van der Waals surface area contributed by atoms with Gasteiger partial charge in [0.1, 0.15) is 0 Å². The van der Waals surface area contributed by atoms with Crippen LogP contribution in [0.2, 0.25) is 0 Å². The number of carbonyl (C=O) groups excluding carboxylic acids is 1. The Labute approximate surface area is 118 Å². The van der Waals surface area contributed by atoms with Crippen molar-refractivity contribution in [1.82, 2.24) is 0 Å². The molecule has 0 amide bonds. The number of rotatable bonds is 6. The van der Waals surface area contributed by atoms with E-state index < -0.39 is 40.8 Å².